The van der Waals surface area contributed by atoms with Crippen LogP contribution in [0, 0.1) is 11.2 Å². The molecule has 3 N–H and O–H groups in total. The summed E-state index contributed by atoms with van der Waals surface area (Å²) in [5.74, 6) is 0.525. The van der Waals surface area contributed by atoms with Crippen molar-refractivity contribution in [2.45, 2.75) is 50.0 Å². The molecule has 3 aromatic rings. The molecule has 5 rings (SSSR count). The Hall–Kier alpha value is -3.12. The van der Waals surface area contributed by atoms with Gasteiger partial charge in [-0.2, -0.15) is 9.29 Å². The third-order valence-corrected chi connectivity index (χ3v) is 9.40. The molecule has 0 radical (unpaired) electrons. The van der Waals surface area contributed by atoms with Gasteiger partial charge < -0.3 is 15.7 Å². The normalized spacial score (nSPS) is 22.1. The Bertz CT molecular complexity index is 1420. The molecule has 1 atom stereocenters. The van der Waals surface area contributed by atoms with Gasteiger partial charge in [0.05, 0.1) is 10.5 Å². The third-order valence-electron chi connectivity index (χ3n) is 7.54. The summed E-state index contributed by atoms with van der Waals surface area (Å²) in [6.07, 6.45) is 5.05. The average molecular weight is 569 g/mol. The van der Waals surface area contributed by atoms with Crippen LogP contribution in [0.1, 0.15) is 39.5 Å². The van der Waals surface area contributed by atoms with E-state index >= 15 is 0 Å². The molecule has 0 aliphatic carbocycles. The highest BCUT2D eigenvalue weighted by Crippen LogP contribution is 2.32. The van der Waals surface area contributed by atoms with Gasteiger partial charge in [-0.05, 0) is 92.2 Å². The molecule has 0 bridgehead atoms. The minimum Gasteiger partial charge on any atom is -0.387 e. The monoisotopic (exact) mass is 568 g/mol. The number of aliphatic hydroxyl groups is 1. The van der Waals surface area contributed by atoms with Crippen LogP contribution in [0.15, 0.2) is 65.7 Å². The fraction of sp³-hybridized carbons (Fsp3) is 0.448. The van der Waals surface area contributed by atoms with Crippen LogP contribution in [-0.2, 0) is 10.0 Å². The maximum Gasteiger partial charge on any atom is 0.243 e. The molecule has 2 fully saturated rings. The number of piperidine rings is 2. The molecule has 214 valence electrons. The predicted molar refractivity (Wildman–Crippen MR) is 154 cm³/mol. The van der Waals surface area contributed by atoms with Gasteiger partial charge in [0.2, 0.25) is 16.0 Å². The number of β-amino-alcohol motifs (C(OH)–C–C–N with tert-alkyl or cyclic N) is 1. The van der Waals surface area contributed by atoms with E-state index in [1.165, 1.54) is 16.4 Å². The van der Waals surface area contributed by atoms with Crippen molar-refractivity contribution in [1.82, 2.24) is 19.2 Å². The van der Waals surface area contributed by atoms with E-state index in [1.54, 1.807) is 48.7 Å². The number of benzene rings is 2. The van der Waals surface area contributed by atoms with Gasteiger partial charge in [0, 0.05) is 43.8 Å². The number of hydrogen-bond acceptors (Lipinski definition) is 8. The molecule has 2 aliphatic rings. The van der Waals surface area contributed by atoms with Crippen molar-refractivity contribution in [3.8, 4) is 0 Å². The first-order valence-corrected chi connectivity index (χ1v) is 15.1. The molecule has 40 heavy (non-hydrogen) atoms. The molecule has 11 heteroatoms. The second-order valence-corrected chi connectivity index (χ2v) is 13.6. The van der Waals surface area contributed by atoms with E-state index in [1.807, 2.05) is 0 Å². The van der Waals surface area contributed by atoms with Crippen LogP contribution in [0.4, 0.5) is 27.5 Å². The van der Waals surface area contributed by atoms with E-state index in [2.05, 4.69) is 39.3 Å². The number of rotatable bonds is 8. The number of likely N-dealkylation sites (tertiary alicyclic amines) is 1. The van der Waals surface area contributed by atoms with Gasteiger partial charge in [-0.15, -0.1) is 0 Å². The van der Waals surface area contributed by atoms with Crippen LogP contribution in [0.3, 0.4) is 0 Å². The van der Waals surface area contributed by atoms with Crippen molar-refractivity contribution < 1.29 is 17.9 Å². The van der Waals surface area contributed by atoms with Crippen LogP contribution in [0.2, 0.25) is 0 Å². The number of nitrogens with zero attached hydrogens (tertiary/aromatic N) is 4. The second kappa shape index (κ2) is 11.4. The predicted octanol–water partition coefficient (Wildman–Crippen LogP) is 4.74. The maximum atomic E-state index is 13.5. The Kier molecular flexibility index (Phi) is 8.10. The first-order chi connectivity index (χ1) is 19.0. The van der Waals surface area contributed by atoms with Crippen LogP contribution < -0.4 is 10.6 Å². The van der Waals surface area contributed by atoms with Crippen LogP contribution in [0.5, 0.6) is 0 Å². The lowest BCUT2D eigenvalue weighted by atomic mass is 9.83. The van der Waals surface area contributed by atoms with Crippen molar-refractivity contribution in [1.29, 1.82) is 0 Å². The topological polar surface area (TPSA) is 111 Å². The number of halogens is 1. The van der Waals surface area contributed by atoms with Gasteiger partial charge in [-0.3, -0.25) is 4.90 Å². The van der Waals surface area contributed by atoms with E-state index in [0.717, 1.165) is 25.9 Å². The Morgan fingerprint density at radius 3 is 2.33 bits per heavy atom. The summed E-state index contributed by atoms with van der Waals surface area (Å²) in [6, 6.07) is 14.1. The van der Waals surface area contributed by atoms with Gasteiger partial charge >= 0.3 is 0 Å². The molecular formula is C29H37FN6O3S. The van der Waals surface area contributed by atoms with Gasteiger partial charge in [-0.1, -0.05) is 13.8 Å². The first-order valence-electron chi connectivity index (χ1n) is 13.7. The Morgan fingerprint density at radius 1 is 0.925 bits per heavy atom. The Labute approximate surface area is 235 Å². The fourth-order valence-corrected chi connectivity index (χ4v) is 7.22. The fourth-order valence-electron chi connectivity index (χ4n) is 5.66. The molecule has 1 unspecified atom stereocenters. The summed E-state index contributed by atoms with van der Waals surface area (Å²) in [7, 11) is -3.77. The summed E-state index contributed by atoms with van der Waals surface area (Å²) in [6.45, 7) is 7.29. The lowest BCUT2D eigenvalue weighted by Gasteiger charge is -2.45. The van der Waals surface area contributed by atoms with Crippen LogP contribution in [-0.4, -0.2) is 71.0 Å². The van der Waals surface area contributed by atoms with E-state index < -0.39 is 15.6 Å². The second-order valence-electron chi connectivity index (χ2n) is 11.7. The largest absolute Gasteiger partial charge is 0.387 e. The number of sulfonamides is 1. The lowest BCUT2D eigenvalue weighted by Crippen LogP contribution is -2.57. The summed E-state index contributed by atoms with van der Waals surface area (Å²) in [5.41, 5.74) is 0.451. The minimum atomic E-state index is -3.77. The van der Waals surface area contributed by atoms with Crippen molar-refractivity contribution >= 4 is 33.2 Å². The molecule has 0 amide bonds. The minimum absolute atomic E-state index is 0.0912. The SMILES string of the molecule is CC1(C)CCCN(CC2(O)CCCN(S(=O)(=O)c3ccc(Nc4nccc(Nc5ccc(F)cc5)n4)cc3)C2)C1. The molecule has 0 saturated carbocycles. The molecule has 2 aromatic carbocycles. The number of hydrogen-bond donors (Lipinski definition) is 3. The van der Waals surface area contributed by atoms with Crippen molar-refractivity contribution in [2.24, 2.45) is 5.41 Å². The smallest absolute Gasteiger partial charge is 0.243 e. The first kappa shape index (κ1) is 28.4. The Balaban J connectivity index is 1.23. The van der Waals surface area contributed by atoms with Gasteiger partial charge in [0.15, 0.2) is 0 Å². The lowest BCUT2D eigenvalue weighted by molar-refractivity contribution is -0.0477. The summed E-state index contributed by atoms with van der Waals surface area (Å²) in [4.78, 5) is 11.1. The average Bonchev–Trinajstić information content (AvgIpc) is 2.90. The molecule has 1 aromatic heterocycles. The highest BCUT2D eigenvalue weighted by atomic mass is 32.2. The maximum absolute atomic E-state index is 13.5. The summed E-state index contributed by atoms with van der Waals surface area (Å²) >= 11 is 0. The van der Waals surface area contributed by atoms with Crippen molar-refractivity contribution in [2.75, 3.05) is 43.4 Å². The molecule has 3 heterocycles. The molecule has 0 spiro atoms. The molecule has 2 saturated heterocycles. The summed E-state index contributed by atoms with van der Waals surface area (Å²) < 4.78 is 41.6. The van der Waals surface area contributed by atoms with E-state index in [9.17, 15) is 17.9 Å². The van der Waals surface area contributed by atoms with Crippen molar-refractivity contribution in [3.63, 3.8) is 0 Å². The van der Waals surface area contributed by atoms with Crippen molar-refractivity contribution in [3.05, 3.63) is 66.6 Å². The zero-order valence-electron chi connectivity index (χ0n) is 23.0. The molecular weight excluding hydrogens is 531 g/mol. The molecule has 9 nitrogen and oxygen atoms in total. The standard InChI is InChI=1S/C29H37FN6O3S/c1-28(2)14-3-17-35(19-28)20-29(37)15-4-18-36(21-29)40(38,39)25-11-9-24(10-12-25)33-27-31-16-13-26(34-27)32-23-7-5-22(30)6-8-23/h5-13,16,37H,3-4,14-15,17-21H2,1-2H3,(H2,31,32,33,34). The van der Waals surface area contributed by atoms with Gasteiger partial charge in [0.1, 0.15) is 11.6 Å². The van der Waals surface area contributed by atoms with Crippen LogP contribution >= 0.6 is 0 Å². The quantitative estimate of drug-likeness (QED) is 0.358. The number of aromatic nitrogens is 2. The van der Waals surface area contributed by atoms with E-state index in [-0.39, 0.29) is 22.7 Å². The van der Waals surface area contributed by atoms with Gasteiger partial charge in [-0.25, -0.2) is 17.8 Å². The zero-order chi connectivity index (χ0) is 28.4. The molecule has 2 aliphatic heterocycles. The number of nitrogens with one attached hydrogen (secondary N) is 2. The number of anilines is 4. The van der Waals surface area contributed by atoms with Gasteiger partial charge in [0.25, 0.3) is 0 Å². The Morgan fingerprint density at radius 2 is 1.60 bits per heavy atom. The zero-order valence-corrected chi connectivity index (χ0v) is 23.8. The van der Waals surface area contributed by atoms with Crippen LogP contribution in [0.25, 0.3) is 0 Å². The van der Waals surface area contributed by atoms with E-state index in [4.69, 9.17) is 0 Å². The third kappa shape index (κ3) is 6.95. The van der Waals surface area contributed by atoms with E-state index in [0.29, 0.717) is 49.1 Å². The highest BCUT2D eigenvalue weighted by Gasteiger charge is 2.41. The summed E-state index contributed by atoms with van der Waals surface area (Å²) in [5, 5.41) is 17.6. The highest BCUT2D eigenvalue weighted by molar-refractivity contribution is 7.89.